The first-order valence-corrected chi connectivity index (χ1v) is 8.92. The molecule has 1 aromatic rings. The van der Waals surface area contributed by atoms with Gasteiger partial charge in [-0.2, -0.15) is 0 Å². The molecule has 2 N–H and O–H groups in total. The van der Waals surface area contributed by atoms with Gasteiger partial charge in [0.2, 0.25) is 0 Å². The van der Waals surface area contributed by atoms with Crippen molar-refractivity contribution in [2.24, 2.45) is 0 Å². The topological polar surface area (TPSA) is 120 Å². The minimum absolute atomic E-state index is 0.133. The van der Waals surface area contributed by atoms with Crippen LogP contribution in [0.1, 0.15) is 43.7 Å². The minimum Gasteiger partial charge on any atom is -0.463 e. The van der Waals surface area contributed by atoms with Gasteiger partial charge in [0.15, 0.2) is 0 Å². The Morgan fingerprint density at radius 3 is 2.56 bits per heavy atom. The number of esters is 2. The SMILES string of the molecule is CCOC(=O)C1=C(COC(=O)CCc2c(C)noc2C)NC(=O)N[C@H]1CC. The Kier molecular flexibility index (Phi) is 6.98. The van der Waals surface area contributed by atoms with Crippen molar-refractivity contribution >= 4 is 18.0 Å². The first-order chi connectivity index (χ1) is 12.9. The lowest BCUT2D eigenvalue weighted by molar-refractivity contribution is -0.143. The molecule has 0 fully saturated rings. The molecule has 9 nitrogen and oxygen atoms in total. The molecule has 1 aromatic heterocycles. The lowest BCUT2D eigenvalue weighted by Crippen LogP contribution is -2.51. The van der Waals surface area contributed by atoms with Crippen molar-refractivity contribution in [2.75, 3.05) is 13.2 Å². The van der Waals surface area contributed by atoms with Gasteiger partial charge in [0.25, 0.3) is 0 Å². The average molecular weight is 379 g/mol. The smallest absolute Gasteiger partial charge is 0.338 e. The van der Waals surface area contributed by atoms with E-state index in [1.807, 2.05) is 13.8 Å². The van der Waals surface area contributed by atoms with Crippen molar-refractivity contribution in [3.05, 3.63) is 28.3 Å². The third kappa shape index (κ3) is 5.08. The Hall–Kier alpha value is -2.84. The standard InChI is InChI=1S/C18H25N3O6/c1-5-13-16(17(23)25-6-2)14(20-18(24)19-13)9-26-15(22)8-7-12-10(3)21-27-11(12)4/h13H,5-9H2,1-4H3,(H2,19,20,24)/t13-/m0/s1. The fraction of sp³-hybridized carbons (Fsp3) is 0.556. The summed E-state index contributed by atoms with van der Waals surface area (Å²) < 4.78 is 15.4. The summed E-state index contributed by atoms with van der Waals surface area (Å²) in [5, 5.41) is 9.05. The molecule has 2 rings (SSSR count). The van der Waals surface area contributed by atoms with Crippen LogP contribution in [-0.4, -0.2) is 42.4 Å². The lowest BCUT2D eigenvalue weighted by atomic mass is 10.0. The largest absolute Gasteiger partial charge is 0.463 e. The fourth-order valence-corrected chi connectivity index (χ4v) is 2.89. The Morgan fingerprint density at radius 2 is 1.96 bits per heavy atom. The Labute approximate surface area is 157 Å². The number of aromatic nitrogens is 1. The number of nitrogens with zero attached hydrogens (tertiary/aromatic N) is 1. The molecule has 2 heterocycles. The van der Waals surface area contributed by atoms with Gasteiger partial charge in [0, 0.05) is 12.0 Å². The van der Waals surface area contributed by atoms with E-state index in [0.717, 1.165) is 11.3 Å². The number of ether oxygens (including phenoxy) is 2. The summed E-state index contributed by atoms with van der Waals surface area (Å²) in [4.78, 5) is 36.2. The zero-order chi connectivity index (χ0) is 20.0. The average Bonchev–Trinajstić information content (AvgIpc) is 2.95. The third-order valence-electron chi connectivity index (χ3n) is 4.28. The van der Waals surface area contributed by atoms with Crippen molar-refractivity contribution in [1.29, 1.82) is 0 Å². The lowest BCUT2D eigenvalue weighted by Gasteiger charge is -2.28. The van der Waals surface area contributed by atoms with E-state index >= 15 is 0 Å². The highest BCUT2D eigenvalue weighted by Gasteiger charge is 2.32. The predicted octanol–water partition coefficient (Wildman–Crippen LogP) is 1.68. The zero-order valence-corrected chi connectivity index (χ0v) is 16.0. The fourth-order valence-electron chi connectivity index (χ4n) is 2.89. The van der Waals surface area contributed by atoms with Gasteiger partial charge in [0.05, 0.1) is 29.6 Å². The molecule has 9 heteroatoms. The van der Waals surface area contributed by atoms with E-state index in [9.17, 15) is 14.4 Å². The van der Waals surface area contributed by atoms with Gasteiger partial charge in [-0.3, -0.25) is 4.79 Å². The molecule has 0 aliphatic carbocycles. The summed E-state index contributed by atoms with van der Waals surface area (Å²) in [6, 6.07) is -0.939. The Balaban J connectivity index is 2.04. The second-order valence-corrected chi connectivity index (χ2v) is 6.14. The Morgan fingerprint density at radius 1 is 1.22 bits per heavy atom. The van der Waals surface area contributed by atoms with E-state index in [1.54, 1.807) is 13.8 Å². The van der Waals surface area contributed by atoms with Crippen LogP contribution in [0.15, 0.2) is 15.8 Å². The predicted molar refractivity (Wildman–Crippen MR) is 94.7 cm³/mol. The van der Waals surface area contributed by atoms with Crippen LogP contribution in [0.2, 0.25) is 0 Å². The van der Waals surface area contributed by atoms with E-state index < -0.39 is 24.0 Å². The first kappa shape index (κ1) is 20.5. The molecule has 0 saturated heterocycles. The summed E-state index contributed by atoms with van der Waals surface area (Å²) in [6.07, 6.45) is 1.08. The van der Waals surface area contributed by atoms with Gasteiger partial charge in [-0.15, -0.1) is 0 Å². The summed E-state index contributed by atoms with van der Waals surface area (Å²) in [5.74, 6) is -0.325. The summed E-state index contributed by atoms with van der Waals surface area (Å²) in [5.41, 5.74) is 2.14. The van der Waals surface area contributed by atoms with Gasteiger partial charge in [0.1, 0.15) is 12.4 Å². The maximum Gasteiger partial charge on any atom is 0.338 e. The highest BCUT2D eigenvalue weighted by Crippen LogP contribution is 2.18. The summed E-state index contributed by atoms with van der Waals surface area (Å²) in [6.45, 7) is 7.12. The van der Waals surface area contributed by atoms with Crippen molar-refractivity contribution in [1.82, 2.24) is 15.8 Å². The van der Waals surface area contributed by atoms with Gasteiger partial charge in [-0.25, -0.2) is 9.59 Å². The number of urea groups is 1. The van der Waals surface area contributed by atoms with Crippen molar-refractivity contribution in [3.63, 3.8) is 0 Å². The van der Waals surface area contributed by atoms with E-state index in [-0.39, 0.29) is 30.9 Å². The van der Waals surface area contributed by atoms with Crippen LogP contribution < -0.4 is 10.6 Å². The molecular weight excluding hydrogens is 354 g/mol. The van der Waals surface area contributed by atoms with Crippen LogP contribution in [0, 0.1) is 13.8 Å². The number of nitrogens with one attached hydrogen (secondary N) is 2. The normalized spacial score (nSPS) is 16.6. The molecule has 0 saturated carbocycles. The number of amides is 2. The van der Waals surface area contributed by atoms with Gasteiger partial charge >= 0.3 is 18.0 Å². The maximum absolute atomic E-state index is 12.3. The van der Waals surface area contributed by atoms with Gasteiger partial charge < -0.3 is 24.6 Å². The van der Waals surface area contributed by atoms with Crippen LogP contribution >= 0.6 is 0 Å². The van der Waals surface area contributed by atoms with Crippen LogP contribution in [0.4, 0.5) is 4.79 Å². The summed E-state index contributed by atoms with van der Waals surface area (Å²) >= 11 is 0. The number of carbonyl (C=O) groups excluding carboxylic acids is 3. The highest BCUT2D eigenvalue weighted by molar-refractivity contribution is 5.94. The molecule has 0 unspecified atom stereocenters. The van der Waals surface area contributed by atoms with Crippen molar-refractivity contribution in [3.8, 4) is 0 Å². The molecule has 0 radical (unpaired) electrons. The molecule has 27 heavy (non-hydrogen) atoms. The minimum atomic E-state index is -0.543. The molecule has 148 valence electrons. The van der Waals surface area contributed by atoms with Crippen molar-refractivity contribution in [2.45, 2.75) is 53.0 Å². The number of rotatable bonds is 8. The second-order valence-electron chi connectivity index (χ2n) is 6.14. The van der Waals surface area contributed by atoms with Gasteiger partial charge in [-0.1, -0.05) is 12.1 Å². The molecule has 0 aromatic carbocycles. The van der Waals surface area contributed by atoms with E-state index in [0.29, 0.717) is 18.6 Å². The molecular formula is C18H25N3O6. The quantitative estimate of drug-likeness (QED) is 0.659. The monoisotopic (exact) mass is 379 g/mol. The van der Waals surface area contributed by atoms with E-state index in [1.165, 1.54) is 0 Å². The number of aryl methyl sites for hydroxylation is 2. The third-order valence-corrected chi connectivity index (χ3v) is 4.28. The highest BCUT2D eigenvalue weighted by atomic mass is 16.5. The first-order valence-electron chi connectivity index (χ1n) is 8.92. The van der Waals surface area contributed by atoms with Crippen molar-refractivity contribution < 1.29 is 28.4 Å². The number of hydrogen-bond acceptors (Lipinski definition) is 7. The van der Waals surface area contributed by atoms with E-state index in [2.05, 4.69) is 15.8 Å². The van der Waals surface area contributed by atoms with Crippen LogP contribution in [-0.2, 0) is 25.5 Å². The molecule has 1 aliphatic rings. The number of carbonyl (C=O) groups is 3. The molecule has 1 aliphatic heterocycles. The number of hydrogen-bond donors (Lipinski definition) is 2. The van der Waals surface area contributed by atoms with Gasteiger partial charge in [-0.05, 0) is 33.6 Å². The van der Waals surface area contributed by atoms with E-state index in [4.69, 9.17) is 14.0 Å². The Bertz CT molecular complexity index is 733. The van der Waals surface area contributed by atoms with Crippen LogP contribution in [0.5, 0.6) is 0 Å². The van der Waals surface area contributed by atoms with Crippen LogP contribution in [0.3, 0.4) is 0 Å². The zero-order valence-electron chi connectivity index (χ0n) is 16.0. The van der Waals surface area contributed by atoms with Crippen LogP contribution in [0.25, 0.3) is 0 Å². The molecule has 1 atom stereocenters. The summed E-state index contributed by atoms with van der Waals surface area (Å²) in [7, 11) is 0. The molecule has 2 amide bonds. The molecule has 0 spiro atoms. The maximum atomic E-state index is 12.3. The second kappa shape index (κ2) is 9.20. The molecule has 0 bridgehead atoms.